The van der Waals surface area contributed by atoms with Gasteiger partial charge in [0, 0.05) is 30.1 Å². The normalized spacial score (nSPS) is 13.9. The molecule has 2 heterocycles. The minimum absolute atomic E-state index is 0.269. The van der Waals surface area contributed by atoms with Crippen molar-refractivity contribution in [1.29, 1.82) is 0 Å². The van der Waals surface area contributed by atoms with Crippen LogP contribution in [0.1, 0.15) is 25.6 Å². The number of nitrogens with one attached hydrogen (secondary N) is 1. The van der Waals surface area contributed by atoms with E-state index in [9.17, 15) is 0 Å². The minimum Gasteiger partial charge on any atom is -0.359 e. The minimum atomic E-state index is 0.269. The maximum atomic E-state index is 5.40. The van der Waals surface area contributed by atoms with Crippen LogP contribution in [-0.2, 0) is 6.54 Å². The first kappa shape index (κ1) is 14.5. The van der Waals surface area contributed by atoms with Crippen molar-refractivity contribution < 1.29 is 4.52 Å². The average Bonchev–Trinajstić information content (AvgIpc) is 3.24. The molecule has 3 aromatic rings. The highest BCUT2D eigenvalue weighted by Gasteiger charge is 2.14. The van der Waals surface area contributed by atoms with E-state index in [-0.39, 0.29) is 12.1 Å². The van der Waals surface area contributed by atoms with Crippen LogP contribution in [0.15, 0.2) is 59.4 Å². The van der Waals surface area contributed by atoms with Gasteiger partial charge in [-0.3, -0.25) is 4.68 Å². The zero-order valence-corrected chi connectivity index (χ0v) is 12.8. The van der Waals surface area contributed by atoms with Gasteiger partial charge in [0.1, 0.15) is 5.69 Å². The summed E-state index contributed by atoms with van der Waals surface area (Å²) in [6.07, 6.45) is 3.77. The second-order valence-corrected chi connectivity index (χ2v) is 5.44. The third-order valence-electron chi connectivity index (χ3n) is 3.89. The first-order valence-electron chi connectivity index (χ1n) is 7.47. The SMILES string of the molecule is C[C@H](NCc1cc(-c2ccccc2)no1)[C@@H](C)n1cccn1. The fourth-order valence-corrected chi connectivity index (χ4v) is 2.32. The fourth-order valence-electron chi connectivity index (χ4n) is 2.32. The fraction of sp³-hybridized carbons (Fsp3) is 0.294. The van der Waals surface area contributed by atoms with E-state index in [1.807, 2.05) is 53.3 Å². The molecule has 114 valence electrons. The molecule has 0 aliphatic heterocycles. The molecule has 22 heavy (non-hydrogen) atoms. The van der Waals surface area contributed by atoms with Crippen molar-refractivity contribution in [3.8, 4) is 11.3 Å². The monoisotopic (exact) mass is 296 g/mol. The lowest BCUT2D eigenvalue weighted by Gasteiger charge is -2.21. The molecular weight excluding hydrogens is 276 g/mol. The molecule has 0 saturated heterocycles. The molecule has 0 bridgehead atoms. The number of hydrogen-bond acceptors (Lipinski definition) is 4. The number of hydrogen-bond donors (Lipinski definition) is 1. The zero-order valence-electron chi connectivity index (χ0n) is 12.8. The highest BCUT2D eigenvalue weighted by Crippen LogP contribution is 2.18. The molecule has 5 nitrogen and oxygen atoms in total. The second kappa shape index (κ2) is 6.58. The molecule has 5 heteroatoms. The predicted molar refractivity (Wildman–Crippen MR) is 85.2 cm³/mol. The van der Waals surface area contributed by atoms with Crippen molar-refractivity contribution in [2.75, 3.05) is 0 Å². The lowest BCUT2D eigenvalue weighted by Crippen LogP contribution is -2.33. The van der Waals surface area contributed by atoms with Gasteiger partial charge in [-0.25, -0.2) is 0 Å². The van der Waals surface area contributed by atoms with Crippen LogP contribution in [0.4, 0.5) is 0 Å². The van der Waals surface area contributed by atoms with Gasteiger partial charge >= 0.3 is 0 Å². The lowest BCUT2D eigenvalue weighted by atomic mass is 10.1. The average molecular weight is 296 g/mol. The summed E-state index contributed by atoms with van der Waals surface area (Å²) in [4.78, 5) is 0. The van der Waals surface area contributed by atoms with Crippen molar-refractivity contribution in [2.45, 2.75) is 32.5 Å². The molecule has 1 N–H and O–H groups in total. The highest BCUT2D eigenvalue weighted by molar-refractivity contribution is 5.58. The van der Waals surface area contributed by atoms with E-state index in [2.05, 4.69) is 29.4 Å². The van der Waals surface area contributed by atoms with E-state index in [1.165, 1.54) is 0 Å². The highest BCUT2D eigenvalue weighted by atomic mass is 16.5. The second-order valence-electron chi connectivity index (χ2n) is 5.44. The molecular formula is C17H20N4O. The van der Waals surface area contributed by atoms with Crippen molar-refractivity contribution in [3.05, 3.63) is 60.6 Å². The summed E-state index contributed by atoms with van der Waals surface area (Å²) in [6, 6.07) is 14.5. The molecule has 0 radical (unpaired) electrons. The first-order valence-corrected chi connectivity index (χ1v) is 7.47. The van der Waals surface area contributed by atoms with Crippen LogP contribution in [0.25, 0.3) is 11.3 Å². The van der Waals surface area contributed by atoms with Crippen molar-refractivity contribution in [2.24, 2.45) is 0 Å². The smallest absolute Gasteiger partial charge is 0.151 e. The van der Waals surface area contributed by atoms with Gasteiger partial charge in [0.25, 0.3) is 0 Å². The summed E-state index contributed by atoms with van der Waals surface area (Å²) in [7, 11) is 0. The molecule has 2 atom stereocenters. The number of nitrogens with zero attached hydrogens (tertiary/aromatic N) is 3. The van der Waals surface area contributed by atoms with Crippen molar-refractivity contribution >= 4 is 0 Å². The summed E-state index contributed by atoms with van der Waals surface area (Å²) in [5, 5.41) is 11.9. The lowest BCUT2D eigenvalue weighted by molar-refractivity contribution is 0.330. The third-order valence-corrected chi connectivity index (χ3v) is 3.89. The van der Waals surface area contributed by atoms with E-state index >= 15 is 0 Å². The summed E-state index contributed by atoms with van der Waals surface area (Å²) in [6.45, 7) is 4.92. The van der Waals surface area contributed by atoms with Crippen molar-refractivity contribution in [1.82, 2.24) is 20.3 Å². The summed E-state index contributed by atoms with van der Waals surface area (Å²) in [5.74, 6) is 0.832. The molecule has 0 saturated carbocycles. The van der Waals surface area contributed by atoms with Crippen molar-refractivity contribution in [3.63, 3.8) is 0 Å². The topological polar surface area (TPSA) is 55.9 Å². The van der Waals surface area contributed by atoms with Crippen LogP contribution < -0.4 is 5.32 Å². The molecule has 2 aromatic heterocycles. The third kappa shape index (κ3) is 3.26. The van der Waals surface area contributed by atoms with E-state index in [0.29, 0.717) is 6.54 Å². The number of rotatable bonds is 6. The number of benzene rings is 1. The van der Waals surface area contributed by atoms with Gasteiger partial charge in [-0.1, -0.05) is 35.5 Å². The van der Waals surface area contributed by atoms with Crippen LogP contribution >= 0.6 is 0 Å². The van der Waals surface area contributed by atoms with Gasteiger partial charge in [-0.15, -0.1) is 0 Å². The van der Waals surface area contributed by atoms with E-state index in [0.717, 1.165) is 17.0 Å². The number of aromatic nitrogens is 3. The van der Waals surface area contributed by atoms with Crippen LogP contribution in [0.2, 0.25) is 0 Å². The Balaban J connectivity index is 1.59. The molecule has 1 aromatic carbocycles. The van der Waals surface area contributed by atoms with Gasteiger partial charge in [-0.2, -0.15) is 5.10 Å². The molecule has 0 amide bonds. The maximum Gasteiger partial charge on any atom is 0.151 e. The van der Waals surface area contributed by atoms with Crippen LogP contribution in [0.3, 0.4) is 0 Å². The Morgan fingerprint density at radius 3 is 2.73 bits per heavy atom. The molecule has 3 rings (SSSR count). The van der Waals surface area contributed by atoms with E-state index in [4.69, 9.17) is 4.52 Å². The summed E-state index contributed by atoms with van der Waals surface area (Å²) >= 11 is 0. The maximum absolute atomic E-state index is 5.40. The Hall–Kier alpha value is -2.40. The Morgan fingerprint density at radius 1 is 1.18 bits per heavy atom. The van der Waals surface area contributed by atoms with E-state index < -0.39 is 0 Å². The first-order chi connectivity index (χ1) is 10.7. The standard InChI is InChI=1S/C17H20N4O/c1-13(14(2)21-10-6-9-19-21)18-12-16-11-17(20-22-16)15-7-4-3-5-8-15/h3-11,13-14,18H,12H2,1-2H3/t13-,14+/m0/s1. The summed E-state index contributed by atoms with van der Waals surface area (Å²) in [5.41, 5.74) is 1.93. The van der Waals surface area contributed by atoms with Gasteiger partial charge in [0.15, 0.2) is 5.76 Å². The Bertz CT molecular complexity index is 691. The van der Waals surface area contributed by atoms with Gasteiger partial charge in [0.05, 0.1) is 12.6 Å². The Labute approximate surface area is 129 Å². The van der Waals surface area contributed by atoms with Crippen LogP contribution in [-0.4, -0.2) is 21.0 Å². The molecule has 0 aliphatic carbocycles. The molecule has 0 spiro atoms. The van der Waals surface area contributed by atoms with Gasteiger partial charge < -0.3 is 9.84 Å². The molecule has 0 unspecified atom stereocenters. The Morgan fingerprint density at radius 2 is 2.00 bits per heavy atom. The van der Waals surface area contributed by atoms with Crippen LogP contribution in [0.5, 0.6) is 0 Å². The largest absolute Gasteiger partial charge is 0.359 e. The predicted octanol–water partition coefficient (Wildman–Crippen LogP) is 3.28. The van der Waals surface area contributed by atoms with Gasteiger partial charge in [0.2, 0.25) is 0 Å². The quantitative estimate of drug-likeness (QED) is 0.758. The zero-order chi connectivity index (χ0) is 15.4. The molecule has 0 aliphatic rings. The molecule has 0 fully saturated rings. The van der Waals surface area contributed by atoms with Crippen LogP contribution in [0, 0.1) is 0 Å². The van der Waals surface area contributed by atoms with Gasteiger partial charge in [-0.05, 0) is 19.9 Å². The Kier molecular flexibility index (Phi) is 4.34. The summed E-state index contributed by atoms with van der Waals surface area (Å²) < 4.78 is 7.36. The van der Waals surface area contributed by atoms with E-state index in [1.54, 1.807) is 6.20 Å².